The van der Waals surface area contributed by atoms with Crippen molar-refractivity contribution in [2.24, 2.45) is 0 Å². The lowest BCUT2D eigenvalue weighted by atomic mass is 10.2. The van der Waals surface area contributed by atoms with Crippen LogP contribution in [0.1, 0.15) is 13.3 Å². The molecular weight excluding hydrogens is 292 g/mol. The first-order valence-corrected chi connectivity index (χ1v) is 8.01. The summed E-state index contributed by atoms with van der Waals surface area (Å²) in [4.78, 5) is 10.0. The number of nitrogens with one attached hydrogen (secondary N) is 1. The Labute approximate surface area is 116 Å². The minimum Gasteiger partial charge on any atom is -0.381 e. The number of anilines is 1. The lowest BCUT2D eigenvalue weighted by molar-refractivity contribution is -0.384. The van der Waals surface area contributed by atoms with Crippen LogP contribution in [0.25, 0.3) is 0 Å². The number of nitro groups is 1. The molecule has 6 nitrogen and oxygen atoms in total. The molecule has 1 aromatic carbocycles. The highest BCUT2D eigenvalue weighted by molar-refractivity contribution is 7.90. The fourth-order valence-corrected chi connectivity index (χ4v) is 2.47. The zero-order chi connectivity index (χ0) is 14.6. The first-order chi connectivity index (χ1) is 8.69. The number of non-ortho nitro benzene ring substituents is 1. The van der Waals surface area contributed by atoms with Gasteiger partial charge in [-0.15, -0.1) is 0 Å². The highest BCUT2D eigenvalue weighted by Gasteiger charge is 2.12. The third kappa shape index (κ3) is 5.44. The van der Waals surface area contributed by atoms with E-state index >= 15 is 0 Å². The highest BCUT2D eigenvalue weighted by Crippen LogP contribution is 2.27. The highest BCUT2D eigenvalue weighted by atomic mass is 35.5. The van der Waals surface area contributed by atoms with Crippen molar-refractivity contribution in [3.05, 3.63) is 33.3 Å². The van der Waals surface area contributed by atoms with Crippen LogP contribution >= 0.6 is 11.6 Å². The van der Waals surface area contributed by atoms with Crippen LogP contribution in [-0.4, -0.2) is 31.4 Å². The van der Waals surface area contributed by atoms with E-state index in [0.717, 1.165) is 0 Å². The van der Waals surface area contributed by atoms with Crippen LogP contribution in [0.4, 0.5) is 11.4 Å². The zero-order valence-electron chi connectivity index (χ0n) is 10.6. The summed E-state index contributed by atoms with van der Waals surface area (Å²) in [6, 6.07) is 4.01. The predicted molar refractivity (Wildman–Crippen MR) is 75.5 cm³/mol. The molecule has 1 aromatic rings. The zero-order valence-corrected chi connectivity index (χ0v) is 12.2. The van der Waals surface area contributed by atoms with Crippen molar-refractivity contribution in [3.8, 4) is 0 Å². The molecule has 0 spiro atoms. The molecule has 8 heteroatoms. The molecule has 0 fully saturated rings. The van der Waals surface area contributed by atoms with Crippen molar-refractivity contribution in [2.75, 3.05) is 17.3 Å². The number of hydrogen-bond donors (Lipinski definition) is 1. The molecular formula is C11H15ClN2O4S. The quantitative estimate of drug-likeness (QED) is 0.644. The molecule has 0 saturated carbocycles. The molecule has 0 amide bonds. The van der Waals surface area contributed by atoms with Gasteiger partial charge in [-0.25, -0.2) is 8.42 Å². The van der Waals surface area contributed by atoms with Gasteiger partial charge in [-0.1, -0.05) is 11.6 Å². The van der Waals surface area contributed by atoms with Gasteiger partial charge in [0.2, 0.25) is 0 Å². The van der Waals surface area contributed by atoms with Crippen LogP contribution < -0.4 is 5.32 Å². The average Bonchev–Trinajstić information content (AvgIpc) is 2.28. The van der Waals surface area contributed by atoms with Crippen LogP contribution in [0.3, 0.4) is 0 Å². The minimum absolute atomic E-state index is 0.0752. The standard InChI is InChI=1S/C11H15ClN2O4S/c1-8(5-6-19(2,17)18)13-11-4-3-9(14(15)16)7-10(11)12/h3-4,7-8,13H,5-6H2,1-2H3. The largest absolute Gasteiger partial charge is 0.381 e. The third-order valence-corrected chi connectivity index (χ3v) is 3.78. The smallest absolute Gasteiger partial charge is 0.271 e. The van der Waals surface area contributed by atoms with Crippen molar-refractivity contribution in [1.82, 2.24) is 0 Å². The Morgan fingerprint density at radius 3 is 2.58 bits per heavy atom. The first kappa shape index (κ1) is 15.7. The molecule has 0 saturated heterocycles. The number of hydrogen-bond acceptors (Lipinski definition) is 5. The maximum Gasteiger partial charge on any atom is 0.271 e. The van der Waals surface area contributed by atoms with Crippen LogP contribution in [0, 0.1) is 10.1 Å². The summed E-state index contributed by atoms with van der Waals surface area (Å²) in [6.45, 7) is 1.82. The fourth-order valence-electron chi connectivity index (χ4n) is 1.46. The van der Waals surface area contributed by atoms with E-state index in [1.54, 1.807) is 0 Å². The number of nitrogens with zero attached hydrogens (tertiary/aromatic N) is 1. The van der Waals surface area contributed by atoms with Gasteiger partial charge in [0, 0.05) is 24.4 Å². The van der Waals surface area contributed by atoms with Crippen molar-refractivity contribution in [2.45, 2.75) is 19.4 Å². The van der Waals surface area contributed by atoms with Crippen LogP contribution in [0.15, 0.2) is 18.2 Å². The Morgan fingerprint density at radius 2 is 2.11 bits per heavy atom. The normalized spacial score (nSPS) is 13.0. The second kappa shape index (κ2) is 6.21. The molecule has 0 heterocycles. The summed E-state index contributed by atoms with van der Waals surface area (Å²) < 4.78 is 22.1. The van der Waals surface area contributed by atoms with Gasteiger partial charge in [0.1, 0.15) is 9.84 Å². The Balaban J connectivity index is 2.69. The Bertz CT molecular complexity index is 574. The predicted octanol–water partition coefficient (Wildman–Crippen LogP) is 2.48. The SMILES string of the molecule is CC(CCS(C)(=O)=O)Nc1ccc([N+](=O)[O-])cc1Cl. The molecule has 0 bridgehead atoms. The summed E-state index contributed by atoms with van der Waals surface area (Å²) >= 11 is 5.92. The van der Waals surface area contributed by atoms with E-state index in [1.807, 2.05) is 6.92 Å². The minimum atomic E-state index is -3.00. The van der Waals surface area contributed by atoms with Gasteiger partial charge in [0.05, 0.1) is 21.4 Å². The van der Waals surface area contributed by atoms with Gasteiger partial charge in [-0.2, -0.15) is 0 Å². The number of halogens is 1. The Morgan fingerprint density at radius 1 is 1.47 bits per heavy atom. The van der Waals surface area contributed by atoms with Crippen molar-refractivity contribution in [1.29, 1.82) is 0 Å². The van der Waals surface area contributed by atoms with Crippen molar-refractivity contribution in [3.63, 3.8) is 0 Å². The van der Waals surface area contributed by atoms with Gasteiger partial charge in [0.25, 0.3) is 5.69 Å². The number of rotatable bonds is 6. The van der Waals surface area contributed by atoms with Crippen LogP contribution in [-0.2, 0) is 9.84 Å². The lowest BCUT2D eigenvalue weighted by Gasteiger charge is -2.15. The van der Waals surface area contributed by atoms with Gasteiger partial charge < -0.3 is 5.32 Å². The lowest BCUT2D eigenvalue weighted by Crippen LogP contribution is -2.19. The Hall–Kier alpha value is -1.34. The molecule has 106 valence electrons. The molecule has 19 heavy (non-hydrogen) atoms. The van der Waals surface area contributed by atoms with Gasteiger partial charge in [-0.05, 0) is 19.4 Å². The fraction of sp³-hybridized carbons (Fsp3) is 0.455. The second-order valence-electron chi connectivity index (χ2n) is 4.39. The van der Waals surface area contributed by atoms with Crippen LogP contribution in [0.5, 0.6) is 0 Å². The molecule has 1 unspecified atom stereocenters. The molecule has 0 aliphatic rings. The summed E-state index contributed by atoms with van der Waals surface area (Å²) in [6.07, 6.45) is 1.62. The van der Waals surface area contributed by atoms with Gasteiger partial charge in [-0.3, -0.25) is 10.1 Å². The molecule has 0 aromatic heterocycles. The maximum atomic E-state index is 11.0. The van der Waals surface area contributed by atoms with E-state index < -0.39 is 14.8 Å². The van der Waals surface area contributed by atoms with E-state index in [4.69, 9.17) is 11.6 Å². The molecule has 1 atom stereocenters. The Kier molecular flexibility index (Phi) is 5.13. The van der Waals surface area contributed by atoms with E-state index in [-0.39, 0.29) is 22.5 Å². The summed E-state index contributed by atoms with van der Waals surface area (Å²) in [7, 11) is -3.00. The number of nitro benzene ring substituents is 1. The topological polar surface area (TPSA) is 89.3 Å². The second-order valence-corrected chi connectivity index (χ2v) is 7.05. The molecule has 0 aliphatic carbocycles. The van der Waals surface area contributed by atoms with E-state index in [2.05, 4.69) is 5.32 Å². The van der Waals surface area contributed by atoms with E-state index in [9.17, 15) is 18.5 Å². The van der Waals surface area contributed by atoms with E-state index in [0.29, 0.717) is 12.1 Å². The molecule has 1 rings (SSSR count). The monoisotopic (exact) mass is 306 g/mol. The summed E-state index contributed by atoms with van der Waals surface area (Å²) in [5, 5.41) is 13.8. The summed E-state index contributed by atoms with van der Waals surface area (Å²) in [5.74, 6) is 0.0752. The first-order valence-electron chi connectivity index (χ1n) is 5.57. The van der Waals surface area contributed by atoms with Gasteiger partial charge >= 0.3 is 0 Å². The van der Waals surface area contributed by atoms with E-state index in [1.165, 1.54) is 24.5 Å². The number of benzene rings is 1. The van der Waals surface area contributed by atoms with Crippen molar-refractivity contribution >= 4 is 32.8 Å². The third-order valence-electron chi connectivity index (χ3n) is 2.49. The summed E-state index contributed by atoms with van der Waals surface area (Å²) in [5.41, 5.74) is 0.465. The molecule has 0 aliphatic heterocycles. The van der Waals surface area contributed by atoms with Gasteiger partial charge in [0.15, 0.2) is 0 Å². The van der Waals surface area contributed by atoms with Crippen molar-refractivity contribution < 1.29 is 13.3 Å². The molecule has 1 N–H and O–H groups in total. The average molecular weight is 307 g/mol. The number of sulfone groups is 1. The maximum absolute atomic E-state index is 11.0. The molecule has 0 radical (unpaired) electrons. The van der Waals surface area contributed by atoms with Crippen LogP contribution in [0.2, 0.25) is 5.02 Å².